The highest BCUT2D eigenvalue weighted by Crippen LogP contribution is 2.27. The third-order valence-corrected chi connectivity index (χ3v) is 6.25. The lowest BCUT2D eigenvalue weighted by Crippen LogP contribution is -2.19. The van der Waals surface area contributed by atoms with Crippen molar-refractivity contribution in [3.8, 4) is 27.8 Å². The molecule has 7 nitrogen and oxygen atoms in total. The maximum absolute atomic E-state index is 12.9. The van der Waals surface area contributed by atoms with E-state index in [-0.39, 0.29) is 5.91 Å². The van der Waals surface area contributed by atoms with Crippen molar-refractivity contribution in [3.05, 3.63) is 120 Å². The first-order valence-corrected chi connectivity index (χ1v) is 12.6. The van der Waals surface area contributed by atoms with E-state index in [0.29, 0.717) is 24.5 Å². The Balaban J connectivity index is 1.26. The molecule has 3 aromatic carbocycles. The van der Waals surface area contributed by atoms with E-state index in [4.69, 9.17) is 14.6 Å². The number of nitrogens with one attached hydrogen (secondary N) is 1. The Morgan fingerprint density at radius 2 is 1.62 bits per heavy atom. The molecule has 1 N–H and O–H groups in total. The van der Waals surface area contributed by atoms with E-state index in [2.05, 4.69) is 10.5 Å². The number of rotatable bonds is 10. The summed E-state index contributed by atoms with van der Waals surface area (Å²) in [5.41, 5.74) is 5.51. The monoisotopic (exact) mass is 508 g/mol. The molecule has 0 aliphatic rings. The first kappa shape index (κ1) is 24.0. The Hall–Kier alpha value is -4.69. The molecule has 2 aromatic heterocycles. The van der Waals surface area contributed by atoms with Crippen LogP contribution < -0.4 is 14.9 Å². The fraction of sp³-hybridized carbons (Fsp3) is 0.0690. The zero-order valence-corrected chi connectivity index (χ0v) is 20.7. The van der Waals surface area contributed by atoms with Crippen LogP contribution >= 0.6 is 11.3 Å². The molecular weight excluding hydrogens is 484 g/mol. The van der Waals surface area contributed by atoms with Crippen LogP contribution in [0, 0.1) is 0 Å². The van der Waals surface area contributed by atoms with Crippen LogP contribution in [0.15, 0.2) is 114 Å². The topological polar surface area (TPSA) is 77.7 Å². The summed E-state index contributed by atoms with van der Waals surface area (Å²) in [4.78, 5) is 13.9. The van der Waals surface area contributed by atoms with Crippen LogP contribution in [0.1, 0.15) is 15.9 Å². The second-order valence-corrected chi connectivity index (χ2v) is 8.84. The quantitative estimate of drug-likeness (QED) is 0.146. The Bertz CT molecular complexity index is 1470. The van der Waals surface area contributed by atoms with E-state index < -0.39 is 0 Å². The standard InChI is InChI=1S/C29H24N4O3S/c34-29(25-14-7-8-15-26(25)36-18-17-35-24-12-5-2-6-13-24)31-30-20-22-21-33(23-10-3-1-4-11-23)32-28(22)27-16-9-19-37-27/h1-16,19-21H,17-18H2,(H,31,34). The van der Waals surface area contributed by atoms with Gasteiger partial charge in [0.25, 0.3) is 5.91 Å². The summed E-state index contributed by atoms with van der Waals surface area (Å²) in [5.74, 6) is 0.857. The normalized spacial score (nSPS) is 10.9. The van der Waals surface area contributed by atoms with E-state index in [1.54, 1.807) is 40.4 Å². The molecule has 0 unspecified atom stereocenters. The van der Waals surface area contributed by atoms with E-state index >= 15 is 0 Å². The predicted molar refractivity (Wildman–Crippen MR) is 146 cm³/mol. The van der Waals surface area contributed by atoms with Gasteiger partial charge in [0.05, 0.1) is 22.3 Å². The molecule has 5 aromatic rings. The molecule has 5 rings (SSSR count). The number of hydrogen-bond donors (Lipinski definition) is 1. The van der Waals surface area contributed by atoms with Crippen molar-refractivity contribution in [2.75, 3.05) is 13.2 Å². The first-order valence-electron chi connectivity index (χ1n) is 11.7. The Morgan fingerprint density at radius 3 is 2.41 bits per heavy atom. The molecule has 0 saturated heterocycles. The fourth-order valence-corrected chi connectivity index (χ4v) is 4.36. The number of hydrogen-bond acceptors (Lipinski definition) is 6. The second-order valence-electron chi connectivity index (χ2n) is 7.90. The van der Waals surface area contributed by atoms with Gasteiger partial charge in [-0.25, -0.2) is 10.1 Å². The number of ether oxygens (including phenoxy) is 2. The highest BCUT2D eigenvalue weighted by Gasteiger charge is 2.14. The van der Waals surface area contributed by atoms with Gasteiger partial charge in [-0.2, -0.15) is 10.2 Å². The number of para-hydroxylation sites is 3. The van der Waals surface area contributed by atoms with Crippen molar-refractivity contribution in [3.63, 3.8) is 0 Å². The van der Waals surface area contributed by atoms with Gasteiger partial charge >= 0.3 is 0 Å². The molecule has 0 saturated carbocycles. The molecule has 0 fully saturated rings. The van der Waals surface area contributed by atoms with Crippen LogP contribution in [-0.2, 0) is 0 Å². The summed E-state index contributed by atoms with van der Waals surface area (Å²) < 4.78 is 13.3. The minimum atomic E-state index is -0.371. The number of nitrogens with zero attached hydrogens (tertiary/aromatic N) is 3. The van der Waals surface area contributed by atoms with E-state index in [0.717, 1.165) is 27.6 Å². The van der Waals surface area contributed by atoms with Crippen molar-refractivity contribution in [2.24, 2.45) is 5.10 Å². The molecule has 0 aliphatic carbocycles. The van der Waals surface area contributed by atoms with Crippen LogP contribution in [0.3, 0.4) is 0 Å². The molecule has 2 heterocycles. The summed E-state index contributed by atoms with van der Waals surface area (Å²) in [7, 11) is 0. The average Bonchev–Trinajstić information content (AvgIpc) is 3.63. The largest absolute Gasteiger partial charge is 0.490 e. The first-order chi connectivity index (χ1) is 18.3. The molecule has 0 radical (unpaired) electrons. The molecule has 8 heteroatoms. The van der Waals surface area contributed by atoms with Gasteiger partial charge in [0.2, 0.25) is 0 Å². The van der Waals surface area contributed by atoms with Crippen LogP contribution in [-0.4, -0.2) is 35.1 Å². The Labute approximate surface area is 218 Å². The number of hydrazone groups is 1. The van der Waals surface area contributed by atoms with Crippen LogP contribution in [0.4, 0.5) is 0 Å². The maximum atomic E-state index is 12.9. The van der Waals surface area contributed by atoms with Crippen molar-refractivity contribution >= 4 is 23.5 Å². The lowest BCUT2D eigenvalue weighted by molar-refractivity contribution is 0.0950. The number of aromatic nitrogens is 2. The van der Waals surface area contributed by atoms with Gasteiger partial charge in [0, 0.05) is 11.8 Å². The summed E-state index contributed by atoms with van der Waals surface area (Å²) in [5, 5.41) is 11.0. The third kappa shape index (κ3) is 6.12. The predicted octanol–water partition coefficient (Wildman–Crippen LogP) is 5.82. The van der Waals surface area contributed by atoms with Gasteiger partial charge in [-0.3, -0.25) is 4.79 Å². The maximum Gasteiger partial charge on any atom is 0.275 e. The van der Waals surface area contributed by atoms with E-state index in [9.17, 15) is 4.79 Å². The van der Waals surface area contributed by atoms with Gasteiger partial charge in [-0.1, -0.05) is 54.6 Å². The van der Waals surface area contributed by atoms with Crippen molar-refractivity contribution in [1.29, 1.82) is 0 Å². The van der Waals surface area contributed by atoms with Crippen molar-refractivity contribution < 1.29 is 14.3 Å². The highest BCUT2D eigenvalue weighted by atomic mass is 32.1. The molecule has 1 amide bonds. The summed E-state index contributed by atoms with van der Waals surface area (Å²) >= 11 is 1.59. The van der Waals surface area contributed by atoms with E-state index in [1.165, 1.54) is 0 Å². The zero-order chi connectivity index (χ0) is 25.3. The molecule has 0 spiro atoms. The summed E-state index contributed by atoms with van der Waals surface area (Å²) in [6.45, 7) is 0.653. The van der Waals surface area contributed by atoms with Gasteiger partial charge in [-0.05, 0) is 47.8 Å². The molecule has 0 atom stereocenters. The fourth-order valence-electron chi connectivity index (χ4n) is 3.63. The van der Waals surface area contributed by atoms with Gasteiger partial charge in [-0.15, -0.1) is 11.3 Å². The zero-order valence-electron chi connectivity index (χ0n) is 19.9. The van der Waals surface area contributed by atoms with E-state index in [1.807, 2.05) is 90.4 Å². The summed E-state index contributed by atoms with van der Waals surface area (Å²) in [6.07, 6.45) is 3.50. The van der Waals surface area contributed by atoms with Gasteiger partial charge < -0.3 is 9.47 Å². The number of benzene rings is 3. The smallest absolute Gasteiger partial charge is 0.275 e. The second kappa shape index (κ2) is 11.8. The molecule has 0 bridgehead atoms. The van der Waals surface area contributed by atoms with Gasteiger partial charge in [0.15, 0.2) is 0 Å². The minimum absolute atomic E-state index is 0.297. The Kier molecular flexibility index (Phi) is 7.68. The van der Waals surface area contributed by atoms with Crippen molar-refractivity contribution in [1.82, 2.24) is 15.2 Å². The lowest BCUT2D eigenvalue weighted by Gasteiger charge is -2.11. The molecule has 184 valence electrons. The SMILES string of the molecule is O=C(NN=Cc1cn(-c2ccccc2)nc1-c1cccs1)c1ccccc1OCCOc1ccccc1. The highest BCUT2D eigenvalue weighted by molar-refractivity contribution is 7.13. The lowest BCUT2D eigenvalue weighted by atomic mass is 10.2. The third-order valence-electron chi connectivity index (χ3n) is 5.37. The van der Waals surface area contributed by atoms with Crippen LogP contribution in [0.25, 0.3) is 16.3 Å². The number of carbonyl (C=O) groups is 1. The number of amides is 1. The molecule has 0 aliphatic heterocycles. The summed E-state index contributed by atoms with van der Waals surface area (Å²) in [6, 6.07) is 30.4. The molecular formula is C29H24N4O3S. The minimum Gasteiger partial charge on any atom is -0.490 e. The number of carbonyl (C=O) groups excluding carboxylic acids is 1. The van der Waals surface area contributed by atoms with Crippen LogP contribution in [0.5, 0.6) is 11.5 Å². The number of thiophene rings is 1. The van der Waals surface area contributed by atoms with Crippen LogP contribution in [0.2, 0.25) is 0 Å². The van der Waals surface area contributed by atoms with Gasteiger partial charge in [0.1, 0.15) is 30.4 Å². The Morgan fingerprint density at radius 1 is 0.892 bits per heavy atom. The molecule has 37 heavy (non-hydrogen) atoms. The van der Waals surface area contributed by atoms with Crippen molar-refractivity contribution in [2.45, 2.75) is 0 Å². The average molecular weight is 509 g/mol.